The number of hydrogen-bond acceptors (Lipinski definition) is 3. The van der Waals surface area contributed by atoms with Crippen LogP contribution in [-0.4, -0.2) is 18.2 Å². The number of nitrogens with one attached hydrogen (secondary N) is 1. The third-order valence-corrected chi connectivity index (χ3v) is 2.66. The first-order chi connectivity index (χ1) is 8.59. The highest BCUT2D eigenvalue weighted by atomic mass is 16.1. The lowest BCUT2D eigenvalue weighted by Gasteiger charge is -2.05. The molecule has 1 amide bonds. The number of hydrogen-bond donors (Lipinski definition) is 2. The lowest BCUT2D eigenvalue weighted by atomic mass is 10.1. The Morgan fingerprint density at radius 3 is 2.39 bits per heavy atom. The smallest absolute Gasteiger partial charge is 0.251 e. The third-order valence-electron chi connectivity index (χ3n) is 2.66. The van der Waals surface area contributed by atoms with Gasteiger partial charge in [0.2, 0.25) is 0 Å². The molecule has 0 aliphatic carbocycles. The van der Waals surface area contributed by atoms with Crippen LogP contribution < -0.4 is 11.1 Å². The normalized spacial score (nSPS) is 10.1. The quantitative estimate of drug-likeness (QED) is 0.573. The summed E-state index contributed by atoms with van der Waals surface area (Å²) in [7, 11) is 0. The number of amides is 1. The number of nitrogens with two attached hydrogens (primary N) is 1. The molecule has 18 heavy (non-hydrogen) atoms. The lowest BCUT2D eigenvalue weighted by molar-refractivity contribution is -0.117. The summed E-state index contributed by atoms with van der Waals surface area (Å²) in [5.41, 5.74) is 6.81. The fourth-order valence-corrected chi connectivity index (χ4v) is 1.61. The molecule has 4 nitrogen and oxygen atoms in total. The van der Waals surface area contributed by atoms with Crippen molar-refractivity contribution in [1.82, 2.24) is 5.32 Å². The van der Waals surface area contributed by atoms with E-state index in [4.69, 9.17) is 5.73 Å². The van der Waals surface area contributed by atoms with E-state index in [1.54, 1.807) is 31.2 Å². The zero-order valence-electron chi connectivity index (χ0n) is 10.7. The molecule has 3 N–H and O–H groups in total. The van der Waals surface area contributed by atoms with Gasteiger partial charge < -0.3 is 15.8 Å². The Hall–Kier alpha value is -1.84. The average Bonchev–Trinajstić information content (AvgIpc) is 2.34. The Kier molecular flexibility index (Phi) is 5.91. The van der Waals surface area contributed by atoms with Crippen molar-refractivity contribution in [3.8, 4) is 0 Å². The number of unbranched alkanes of at least 4 members (excludes halogenated alkanes) is 2. The van der Waals surface area contributed by atoms with Crippen LogP contribution in [0.3, 0.4) is 0 Å². The van der Waals surface area contributed by atoms with Gasteiger partial charge in [0, 0.05) is 24.2 Å². The largest absolute Gasteiger partial charge is 0.399 e. The standard InChI is InChI=1S/C14H20N2O2/c1-11(17)5-3-2-4-10-16-14(18)12-6-8-13(15)9-7-12/h6-9H,2-5,10,15H2,1H3,(H,16,18). The van der Waals surface area contributed by atoms with E-state index in [1.807, 2.05) is 0 Å². The van der Waals surface area contributed by atoms with Gasteiger partial charge in [0.25, 0.3) is 5.91 Å². The van der Waals surface area contributed by atoms with Crippen LogP contribution in [0.5, 0.6) is 0 Å². The van der Waals surface area contributed by atoms with Crippen molar-refractivity contribution in [2.24, 2.45) is 0 Å². The van der Waals surface area contributed by atoms with E-state index in [0.29, 0.717) is 24.2 Å². The summed E-state index contributed by atoms with van der Waals surface area (Å²) < 4.78 is 0. The Labute approximate surface area is 108 Å². The van der Waals surface area contributed by atoms with Crippen LogP contribution in [0.15, 0.2) is 24.3 Å². The number of Topliss-reactive ketones (excluding diaryl/α,β-unsaturated/α-hetero) is 1. The molecule has 0 aliphatic heterocycles. The maximum absolute atomic E-state index is 11.7. The highest BCUT2D eigenvalue weighted by Crippen LogP contribution is 2.05. The van der Waals surface area contributed by atoms with Gasteiger partial charge in [0.05, 0.1) is 0 Å². The fourth-order valence-electron chi connectivity index (χ4n) is 1.61. The highest BCUT2D eigenvalue weighted by molar-refractivity contribution is 5.94. The maximum Gasteiger partial charge on any atom is 0.251 e. The topological polar surface area (TPSA) is 72.2 Å². The third kappa shape index (κ3) is 5.48. The van der Waals surface area contributed by atoms with Crippen LogP contribution in [0.2, 0.25) is 0 Å². The van der Waals surface area contributed by atoms with Crippen LogP contribution in [0.25, 0.3) is 0 Å². The van der Waals surface area contributed by atoms with Crippen molar-refractivity contribution in [3.05, 3.63) is 29.8 Å². The Balaban J connectivity index is 2.17. The molecule has 0 aliphatic rings. The molecular weight excluding hydrogens is 228 g/mol. The van der Waals surface area contributed by atoms with Crippen molar-refractivity contribution >= 4 is 17.4 Å². The van der Waals surface area contributed by atoms with E-state index < -0.39 is 0 Å². The monoisotopic (exact) mass is 248 g/mol. The van der Waals surface area contributed by atoms with Crippen LogP contribution in [0.1, 0.15) is 43.0 Å². The first-order valence-corrected chi connectivity index (χ1v) is 6.23. The second-order valence-electron chi connectivity index (χ2n) is 4.39. The van der Waals surface area contributed by atoms with Crippen molar-refractivity contribution in [2.75, 3.05) is 12.3 Å². The number of nitrogen functional groups attached to an aromatic ring is 1. The zero-order chi connectivity index (χ0) is 13.4. The van der Waals surface area contributed by atoms with Crippen molar-refractivity contribution < 1.29 is 9.59 Å². The molecule has 0 atom stereocenters. The average molecular weight is 248 g/mol. The van der Waals surface area contributed by atoms with Gasteiger partial charge in [-0.1, -0.05) is 6.42 Å². The van der Waals surface area contributed by atoms with Crippen molar-refractivity contribution in [2.45, 2.75) is 32.6 Å². The SMILES string of the molecule is CC(=O)CCCCCNC(=O)c1ccc(N)cc1. The second kappa shape index (κ2) is 7.48. The van der Waals surface area contributed by atoms with Crippen LogP contribution >= 0.6 is 0 Å². The van der Waals surface area contributed by atoms with E-state index in [0.717, 1.165) is 19.3 Å². The molecule has 0 fully saturated rings. The van der Waals surface area contributed by atoms with E-state index in [1.165, 1.54) is 0 Å². The minimum atomic E-state index is -0.0819. The minimum Gasteiger partial charge on any atom is -0.399 e. The molecular formula is C14H20N2O2. The molecule has 0 saturated heterocycles. The van der Waals surface area contributed by atoms with E-state index in [2.05, 4.69) is 5.32 Å². The van der Waals surface area contributed by atoms with Crippen LogP contribution in [0.4, 0.5) is 5.69 Å². The number of carbonyl (C=O) groups is 2. The van der Waals surface area contributed by atoms with Crippen LogP contribution in [-0.2, 0) is 4.79 Å². The molecule has 0 bridgehead atoms. The summed E-state index contributed by atoms with van der Waals surface area (Å²) in [6.07, 6.45) is 3.38. The predicted molar refractivity (Wildman–Crippen MR) is 72.3 cm³/mol. The van der Waals surface area contributed by atoms with Gasteiger partial charge in [-0.05, 0) is 44.0 Å². The first-order valence-electron chi connectivity index (χ1n) is 6.23. The van der Waals surface area contributed by atoms with Gasteiger partial charge in [-0.15, -0.1) is 0 Å². The number of benzene rings is 1. The lowest BCUT2D eigenvalue weighted by Crippen LogP contribution is -2.24. The Bertz CT molecular complexity index is 399. The van der Waals surface area contributed by atoms with Crippen LogP contribution in [0, 0.1) is 0 Å². The van der Waals surface area contributed by atoms with E-state index in [9.17, 15) is 9.59 Å². The molecule has 1 rings (SSSR count). The molecule has 4 heteroatoms. The number of ketones is 1. The molecule has 0 radical (unpaired) electrons. The van der Waals surface area contributed by atoms with E-state index in [-0.39, 0.29) is 11.7 Å². The summed E-state index contributed by atoms with van der Waals surface area (Å²) in [5.74, 6) is 0.141. The molecule has 0 unspecified atom stereocenters. The molecule has 1 aromatic carbocycles. The van der Waals surface area contributed by atoms with Gasteiger partial charge in [0.1, 0.15) is 5.78 Å². The minimum absolute atomic E-state index is 0.0819. The second-order valence-corrected chi connectivity index (χ2v) is 4.39. The Morgan fingerprint density at radius 2 is 1.78 bits per heavy atom. The van der Waals surface area contributed by atoms with Gasteiger partial charge >= 0.3 is 0 Å². The van der Waals surface area contributed by atoms with E-state index >= 15 is 0 Å². The fraction of sp³-hybridized carbons (Fsp3) is 0.429. The summed E-state index contributed by atoms with van der Waals surface area (Å²) in [4.78, 5) is 22.4. The number of anilines is 1. The van der Waals surface area contributed by atoms with Crippen molar-refractivity contribution in [3.63, 3.8) is 0 Å². The predicted octanol–water partition coefficient (Wildman–Crippen LogP) is 2.15. The molecule has 0 aromatic heterocycles. The summed E-state index contributed by atoms with van der Waals surface area (Å²) in [6, 6.07) is 6.84. The van der Waals surface area contributed by atoms with Gasteiger partial charge in [0.15, 0.2) is 0 Å². The van der Waals surface area contributed by atoms with Gasteiger partial charge in [-0.25, -0.2) is 0 Å². The molecule has 0 heterocycles. The maximum atomic E-state index is 11.7. The van der Waals surface area contributed by atoms with Gasteiger partial charge in [-0.2, -0.15) is 0 Å². The van der Waals surface area contributed by atoms with Crippen molar-refractivity contribution in [1.29, 1.82) is 0 Å². The molecule has 0 spiro atoms. The summed E-state index contributed by atoms with van der Waals surface area (Å²) >= 11 is 0. The molecule has 1 aromatic rings. The molecule has 0 saturated carbocycles. The van der Waals surface area contributed by atoms with Gasteiger partial charge in [-0.3, -0.25) is 4.79 Å². The Morgan fingerprint density at radius 1 is 1.11 bits per heavy atom. The highest BCUT2D eigenvalue weighted by Gasteiger charge is 2.03. The number of carbonyl (C=O) groups excluding carboxylic acids is 2. The molecule has 98 valence electrons. The first kappa shape index (κ1) is 14.2. The summed E-state index contributed by atoms with van der Waals surface area (Å²) in [5, 5.41) is 2.84. The summed E-state index contributed by atoms with van der Waals surface area (Å²) in [6.45, 7) is 2.24. The number of rotatable bonds is 7. The zero-order valence-corrected chi connectivity index (χ0v) is 10.7.